The van der Waals surface area contributed by atoms with Gasteiger partial charge < -0.3 is 19.5 Å². The highest BCUT2D eigenvalue weighted by Crippen LogP contribution is 2.28. The Morgan fingerprint density at radius 3 is 1.97 bits per heavy atom. The molecule has 160 valence electrons. The number of hydrogen-bond donors (Lipinski definition) is 1. The van der Waals surface area contributed by atoms with E-state index in [4.69, 9.17) is 14.2 Å². The van der Waals surface area contributed by atoms with Gasteiger partial charge in [0, 0.05) is 11.4 Å². The van der Waals surface area contributed by atoms with Crippen molar-refractivity contribution in [2.24, 2.45) is 0 Å². The van der Waals surface area contributed by atoms with E-state index in [2.05, 4.69) is 5.32 Å². The Morgan fingerprint density at radius 1 is 0.900 bits per heavy atom. The number of anilines is 1. The first-order chi connectivity index (χ1) is 14.5. The molecule has 0 amide bonds. The summed E-state index contributed by atoms with van der Waals surface area (Å²) in [5.74, 6) is -0.142. The number of ether oxygens (including phenoxy) is 3. The maximum absolute atomic E-state index is 12.6. The van der Waals surface area contributed by atoms with E-state index < -0.39 is 11.9 Å². The van der Waals surface area contributed by atoms with Crippen molar-refractivity contribution in [3.63, 3.8) is 0 Å². The fourth-order valence-electron chi connectivity index (χ4n) is 2.49. The SMILES string of the molecule is CCOC(=O)C(C(=O)OCC)=C(Nc1ccc(C)cc1)SCc1ccc(OC)cc1. The first-order valence-electron chi connectivity index (χ1n) is 9.66. The van der Waals surface area contributed by atoms with Crippen LogP contribution in [-0.2, 0) is 24.8 Å². The number of thioether (sulfide) groups is 1. The van der Waals surface area contributed by atoms with Crippen molar-refractivity contribution in [2.45, 2.75) is 26.5 Å². The number of esters is 2. The molecule has 0 unspecified atom stereocenters. The lowest BCUT2D eigenvalue weighted by molar-refractivity contribution is -0.146. The van der Waals surface area contributed by atoms with Crippen molar-refractivity contribution in [3.8, 4) is 5.75 Å². The number of methoxy groups -OCH3 is 1. The number of rotatable bonds is 10. The highest BCUT2D eigenvalue weighted by molar-refractivity contribution is 8.02. The maximum atomic E-state index is 12.6. The van der Waals surface area contributed by atoms with E-state index in [1.807, 2.05) is 55.5 Å². The largest absolute Gasteiger partial charge is 0.497 e. The van der Waals surface area contributed by atoms with Crippen LogP contribution in [0.3, 0.4) is 0 Å². The van der Waals surface area contributed by atoms with Gasteiger partial charge in [0.05, 0.1) is 25.4 Å². The Balaban J connectivity index is 2.38. The molecule has 30 heavy (non-hydrogen) atoms. The lowest BCUT2D eigenvalue weighted by Crippen LogP contribution is -2.22. The molecule has 7 heteroatoms. The number of carbonyl (C=O) groups excluding carboxylic acids is 2. The molecule has 0 bridgehead atoms. The number of benzene rings is 2. The fourth-order valence-corrected chi connectivity index (χ4v) is 3.50. The summed E-state index contributed by atoms with van der Waals surface area (Å²) in [7, 11) is 1.61. The van der Waals surface area contributed by atoms with Gasteiger partial charge in [-0.3, -0.25) is 0 Å². The van der Waals surface area contributed by atoms with Crippen LogP contribution in [0.4, 0.5) is 5.69 Å². The van der Waals surface area contributed by atoms with Crippen molar-refractivity contribution in [1.29, 1.82) is 0 Å². The van der Waals surface area contributed by atoms with Gasteiger partial charge in [-0.05, 0) is 50.6 Å². The monoisotopic (exact) mass is 429 g/mol. The molecule has 0 saturated heterocycles. The average Bonchev–Trinajstić information content (AvgIpc) is 2.74. The standard InChI is InChI=1S/C23H27NO5S/c1-5-28-22(25)20(23(26)29-6-2)21(24-18-11-7-16(3)8-12-18)30-15-17-9-13-19(27-4)14-10-17/h7-14,24H,5-6,15H2,1-4H3. The second-order valence-corrected chi connectivity index (χ2v) is 7.26. The van der Waals surface area contributed by atoms with E-state index in [1.54, 1.807) is 21.0 Å². The van der Waals surface area contributed by atoms with Crippen molar-refractivity contribution in [2.75, 3.05) is 25.6 Å². The van der Waals surface area contributed by atoms with Gasteiger partial charge >= 0.3 is 11.9 Å². The number of aryl methyl sites for hydroxylation is 1. The van der Waals surface area contributed by atoms with Gasteiger partial charge in [-0.2, -0.15) is 0 Å². The summed E-state index contributed by atoms with van der Waals surface area (Å²) in [5.41, 5.74) is 2.73. The predicted molar refractivity (Wildman–Crippen MR) is 119 cm³/mol. The summed E-state index contributed by atoms with van der Waals surface area (Å²) in [6.45, 7) is 5.68. The van der Waals surface area contributed by atoms with Gasteiger partial charge in [0.15, 0.2) is 5.57 Å². The summed E-state index contributed by atoms with van der Waals surface area (Å²) in [6.07, 6.45) is 0. The molecule has 2 aromatic carbocycles. The van der Waals surface area contributed by atoms with Gasteiger partial charge in [0.1, 0.15) is 5.75 Å². The Morgan fingerprint density at radius 2 is 1.47 bits per heavy atom. The Labute approximate surface area is 181 Å². The third kappa shape index (κ3) is 6.84. The molecule has 0 aromatic heterocycles. The van der Waals surface area contributed by atoms with Crippen LogP contribution in [0.5, 0.6) is 5.75 Å². The summed E-state index contributed by atoms with van der Waals surface area (Å²) < 4.78 is 15.4. The first-order valence-corrected chi connectivity index (χ1v) is 10.6. The zero-order chi connectivity index (χ0) is 21.9. The molecule has 0 saturated carbocycles. The quantitative estimate of drug-likeness (QED) is 0.254. The molecular formula is C23H27NO5S. The molecule has 0 fully saturated rings. The molecule has 0 heterocycles. The van der Waals surface area contributed by atoms with E-state index in [1.165, 1.54) is 11.8 Å². The highest BCUT2D eigenvalue weighted by Gasteiger charge is 2.27. The van der Waals surface area contributed by atoms with Crippen LogP contribution in [-0.4, -0.2) is 32.3 Å². The second-order valence-electron chi connectivity index (χ2n) is 6.27. The van der Waals surface area contributed by atoms with E-state index in [0.717, 1.165) is 22.6 Å². The van der Waals surface area contributed by atoms with E-state index >= 15 is 0 Å². The molecule has 1 N–H and O–H groups in total. The lowest BCUT2D eigenvalue weighted by Gasteiger charge is -2.16. The molecule has 0 aliphatic heterocycles. The molecule has 0 spiro atoms. The molecule has 0 radical (unpaired) electrons. The Kier molecular flexibility index (Phi) is 9.28. The van der Waals surface area contributed by atoms with Gasteiger partial charge in [-0.15, -0.1) is 11.8 Å². The third-order valence-corrected chi connectivity index (χ3v) is 5.11. The van der Waals surface area contributed by atoms with E-state index in [0.29, 0.717) is 10.8 Å². The minimum absolute atomic E-state index is 0.141. The summed E-state index contributed by atoms with van der Waals surface area (Å²) in [4.78, 5) is 25.2. The third-order valence-electron chi connectivity index (χ3n) is 4.04. The normalized spacial score (nSPS) is 10.1. The number of nitrogens with one attached hydrogen (secondary N) is 1. The molecule has 2 rings (SSSR count). The first kappa shape index (κ1) is 23.3. The molecular weight excluding hydrogens is 402 g/mol. The van der Waals surface area contributed by atoms with Crippen molar-refractivity contribution < 1.29 is 23.8 Å². The smallest absolute Gasteiger partial charge is 0.348 e. The number of hydrogen-bond acceptors (Lipinski definition) is 7. The van der Waals surface area contributed by atoms with Gasteiger partial charge in [-0.25, -0.2) is 9.59 Å². The predicted octanol–water partition coefficient (Wildman–Crippen LogP) is 4.69. The van der Waals surface area contributed by atoms with Crippen LogP contribution in [0.2, 0.25) is 0 Å². The zero-order valence-electron chi connectivity index (χ0n) is 17.7. The lowest BCUT2D eigenvalue weighted by atomic mass is 10.2. The minimum atomic E-state index is -0.715. The van der Waals surface area contributed by atoms with Crippen molar-refractivity contribution >= 4 is 29.4 Å². The summed E-state index contributed by atoms with van der Waals surface area (Å²) in [6, 6.07) is 15.3. The van der Waals surface area contributed by atoms with Crippen LogP contribution in [0, 0.1) is 6.92 Å². The maximum Gasteiger partial charge on any atom is 0.348 e. The van der Waals surface area contributed by atoms with Crippen LogP contribution in [0.1, 0.15) is 25.0 Å². The highest BCUT2D eigenvalue weighted by atomic mass is 32.2. The second kappa shape index (κ2) is 11.9. The van der Waals surface area contributed by atoms with Gasteiger partial charge in [0.25, 0.3) is 0 Å². The van der Waals surface area contributed by atoms with Crippen LogP contribution in [0.15, 0.2) is 59.1 Å². The fraction of sp³-hybridized carbons (Fsp3) is 0.304. The van der Waals surface area contributed by atoms with Gasteiger partial charge in [-0.1, -0.05) is 29.8 Å². The van der Waals surface area contributed by atoms with Crippen LogP contribution in [0.25, 0.3) is 0 Å². The molecule has 6 nitrogen and oxygen atoms in total. The summed E-state index contributed by atoms with van der Waals surface area (Å²) >= 11 is 1.33. The number of carbonyl (C=O) groups is 2. The van der Waals surface area contributed by atoms with Crippen molar-refractivity contribution in [3.05, 3.63) is 70.3 Å². The van der Waals surface area contributed by atoms with Crippen molar-refractivity contribution in [1.82, 2.24) is 0 Å². The van der Waals surface area contributed by atoms with E-state index in [9.17, 15) is 9.59 Å². The molecule has 2 aromatic rings. The average molecular weight is 430 g/mol. The Hall–Kier alpha value is -2.93. The van der Waals surface area contributed by atoms with Crippen LogP contribution < -0.4 is 10.1 Å². The Bertz CT molecular complexity index is 855. The summed E-state index contributed by atoms with van der Waals surface area (Å²) in [5, 5.41) is 3.58. The van der Waals surface area contributed by atoms with Gasteiger partial charge in [0.2, 0.25) is 0 Å². The van der Waals surface area contributed by atoms with E-state index in [-0.39, 0.29) is 18.8 Å². The van der Waals surface area contributed by atoms with Crippen LogP contribution >= 0.6 is 11.8 Å². The molecule has 0 atom stereocenters. The zero-order valence-corrected chi connectivity index (χ0v) is 18.5. The molecule has 0 aliphatic carbocycles. The topological polar surface area (TPSA) is 73.9 Å². The molecule has 0 aliphatic rings. The minimum Gasteiger partial charge on any atom is -0.497 e.